The van der Waals surface area contributed by atoms with Gasteiger partial charge in [0.05, 0.1) is 12.0 Å². The fourth-order valence-corrected chi connectivity index (χ4v) is 4.04. The van der Waals surface area contributed by atoms with Gasteiger partial charge in [0.15, 0.2) is 0 Å². The van der Waals surface area contributed by atoms with Crippen molar-refractivity contribution in [2.45, 2.75) is 31.7 Å². The van der Waals surface area contributed by atoms with Gasteiger partial charge in [-0.05, 0) is 61.7 Å². The fourth-order valence-electron chi connectivity index (χ4n) is 2.51. The molecule has 1 N–H and O–H groups in total. The third-order valence-electron chi connectivity index (χ3n) is 3.65. The largest absolute Gasteiger partial charge is 0.496 e. The van der Waals surface area contributed by atoms with Gasteiger partial charge in [-0.1, -0.05) is 23.7 Å². The molecule has 0 fully saturated rings. The van der Waals surface area contributed by atoms with Gasteiger partial charge in [0.25, 0.3) is 0 Å². The molecule has 0 radical (unpaired) electrons. The molecule has 0 amide bonds. The minimum atomic E-state index is -3.63. The Morgan fingerprint density at radius 3 is 2.09 bits per heavy atom. The lowest BCUT2D eigenvalue weighted by Gasteiger charge is -2.16. The van der Waals surface area contributed by atoms with Crippen molar-refractivity contribution in [3.8, 4) is 5.75 Å². The summed E-state index contributed by atoms with van der Waals surface area (Å²) in [6.45, 7) is 5.45. The van der Waals surface area contributed by atoms with Crippen LogP contribution >= 0.6 is 11.6 Å². The van der Waals surface area contributed by atoms with E-state index in [0.29, 0.717) is 10.8 Å². The van der Waals surface area contributed by atoms with Crippen LogP contribution in [0, 0.1) is 13.8 Å². The van der Waals surface area contributed by atoms with Crippen molar-refractivity contribution in [3.05, 3.63) is 58.1 Å². The van der Waals surface area contributed by atoms with E-state index >= 15 is 0 Å². The number of aryl methyl sites for hydroxylation is 2. The highest BCUT2D eigenvalue weighted by Gasteiger charge is 2.20. The van der Waals surface area contributed by atoms with E-state index in [9.17, 15) is 8.42 Å². The smallest absolute Gasteiger partial charge is 0.241 e. The Morgan fingerprint density at radius 1 is 1.09 bits per heavy atom. The van der Waals surface area contributed by atoms with Gasteiger partial charge in [-0.15, -0.1) is 0 Å². The maximum Gasteiger partial charge on any atom is 0.241 e. The molecular formula is C17H20ClNO3S. The Balaban J connectivity index is 2.30. The van der Waals surface area contributed by atoms with E-state index in [4.69, 9.17) is 16.3 Å². The van der Waals surface area contributed by atoms with Crippen molar-refractivity contribution in [1.82, 2.24) is 4.72 Å². The van der Waals surface area contributed by atoms with Crippen LogP contribution < -0.4 is 9.46 Å². The van der Waals surface area contributed by atoms with E-state index in [2.05, 4.69) is 4.72 Å². The fraction of sp³-hybridized carbons (Fsp3) is 0.294. The number of halogens is 1. The molecule has 1 atom stereocenters. The van der Waals surface area contributed by atoms with Crippen molar-refractivity contribution in [2.75, 3.05) is 7.11 Å². The van der Waals surface area contributed by atoms with Crippen molar-refractivity contribution in [2.24, 2.45) is 0 Å². The normalized spacial score (nSPS) is 12.9. The Labute approximate surface area is 142 Å². The Morgan fingerprint density at radius 2 is 1.61 bits per heavy atom. The molecule has 2 aromatic carbocycles. The summed E-state index contributed by atoms with van der Waals surface area (Å²) in [7, 11) is -2.05. The second-order valence-electron chi connectivity index (χ2n) is 5.48. The maximum atomic E-state index is 12.6. The molecule has 1 unspecified atom stereocenters. The zero-order valence-electron chi connectivity index (χ0n) is 13.6. The highest BCUT2D eigenvalue weighted by molar-refractivity contribution is 7.89. The lowest BCUT2D eigenvalue weighted by molar-refractivity contribution is 0.408. The second kappa shape index (κ2) is 6.91. The molecule has 124 valence electrons. The summed E-state index contributed by atoms with van der Waals surface area (Å²) in [5, 5.41) is 0.616. The Hall–Kier alpha value is -1.56. The van der Waals surface area contributed by atoms with Crippen molar-refractivity contribution in [3.63, 3.8) is 0 Å². The first-order valence-corrected chi connectivity index (χ1v) is 9.03. The van der Waals surface area contributed by atoms with E-state index in [-0.39, 0.29) is 10.9 Å². The van der Waals surface area contributed by atoms with Gasteiger partial charge < -0.3 is 4.74 Å². The lowest BCUT2D eigenvalue weighted by Crippen LogP contribution is -2.27. The third-order valence-corrected chi connectivity index (χ3v) is 5.42. The molecule has 2 rings (SSSR count). The average Bonchev–Trinajstić information content (AvgIpc) is 2.47. The van der Waals surface area contributed by atoms with Crippen LogP contribution in [0.25, 0.3) is 0 Å². The molecule has 0 aliphatic carbocycles. The summed E-state index contributed by atoms with van der Waals surface area (Å²) < 4.78 is 33.2. The zero-order chi connectivity index (χ0) is 17.2. The number of nitrogens with one attached hydrogen (secondary N) is 1. The monoisotopic (exact) mass is 353 g/mol. The number of sulfonamides is 1. The van der Waals surface area contributed by atoms with Gasteiger partial charge >= 0.3 is 0 Å². The van der Waals surface area contributed by atoms with E-state index in [1.54, 1.807) is 50.4 Å². The molecule has 23 heavy (non-hydrogen) atoms. The second-order valence-corrected chi connectivity index (χ2v) is 7.64. The number of ether oxygens (including phenoxy) is 1. The molecule has 4 nitrogen and oxygen atoms in total. The standard InChI is InChI=1S/C17H20ClNO3S/c1-11-9-16(10-12(2)17(11)22-4)23(20,21)19-13(3)14-5-7-15(18)8-6-14/h5-10,13,19H,1-4H3. The molecule has 0 aliphatic rings. The minimum absolute atomic E-state index is 0.231. The predicted molar refractivity (Wildman–Crippen MR) is 92.7 cm³/mol. The summed E-state index contributed by atoms with van der Waals surface area (Å²) in [6, 6.07) is 9.96. The highest BCUT2D eigenvalue weighted by Crippen LogP contribution is 2.27. The molecule has 2 aromatic rings. The molecule has 0 bridgehead atoms. The van der Waals surface area contributed by atoms with Gasteiger partial charge in [0.2, 0.25) is 10.0 Å². The Kier molecular flexibility index (Phi) is 5.34. The van der Waals surface area contributed by atoms with E-state index in [1.165, 1.54) is 0 Å². The number of hydrogen-bond donors (Lipinski definition) is 1. The molecule has 0 aromatic heterocycles. The molecule has 6 heteroatoms. The molecule has 0 aliphatic heterocycles. The first-order valence-electron chi connectivity index (χ1n) is 7.17. The van der Waals surface area contributed by atoms with Crippen LogP contribution in [0.5, 0.6) is 5.75 Å². The average molecular weight is 354 g/mol. The molecule has 0 spiro atoms. The predicted octanol–water partition coefficient (Wildman–Crippen LogP) is 4.00. The van der Waals surface area contributed by atoms with E-state index in [1.807, 2.05) is 13.8 Å². The number of benzene rings is 2. The summed E-state index contributed by atoms with van der Waals surface area (Å²) in [5.41, 5.74) is 2.42. The molecular weight excluding hydrogens is 334 g/mol. The summed E-state index contributed by atoms with van der Waals surface area (Å²) in [5.74, 6) is 0.703. The molecule has 0 saturated carbocycles. The van der Waals surface area contributed by atoms with Crippen LogP contribution in [0.15, 0.2) is 41.3 Å². The van der Waals surface area contributed by atoms with Crippen LogP contribution in [0.1, 0.15) is 29.7 Å². The minimum Gasteiger partial charge on any atom is -0.496 e. The van der Waals surface area contributed by atoms with Gasteiger partial charge in [0, 0.05) is 11.1 Å². The number of rotatable bonds is 5. The van der Waals surface area contributed by atoms with Crippen molar-refractivity contribution >= 4 is 21.6 Å². The molecule has 0 saturated heterocycles. The quantitative estimate of drug-likeness (QED) is 0.883. The van der Waals surface area contributed by atoms with Crippen molar-refractivity contribution < 1.29 is 13.2 Å². The summed E-state index contributed by atoms with van der Waals surface area (Å²) in [4.78, 5) is 0.231. The van der Waals surface area contributed by atoms with Gasteiger partial charge in [-0.3, -0.25) is 0 Å². The highest BCUT2D eigenvalue weighted by atomic mass is 35.5. The van der Waals surface area contributed by atoms with Crippen LogP contribution in [-0.4, -0.2) is 15.5 Å². The topological polar surface area (TPSA) is 55.4 Å². The molecule has 0 heterocycles. The van der Waals surface area contributed by atoms with Crippen LogP contribution in [0.2, 0.25) is 5.02 Å². The van der Waals surface area contributed by atoms with E-state index in [0.717, 1.165) is 16.7 Å². The first kappa shape index (κ1) is 17.8. The maximum absolute atomic E-state index is 12.6. The zero-order valence-corrected chi connectivity index (χ0v) is 15.1. The number of hydrogen-bond acceptors (Lipinski definition) is 3. The van der Waals surface area contributed by atoms with Gasteiger partial charge in [-0.25, -0.2) is 13.1 Å². The Bertz CT molecular complexity index is 778. The van der Waals surface area contributed by atoms with Gasteiger partial charge in [0.1, 0.15) is 5.75 Å². The first-order chi connectivity index (χ1) is 10.7. The van der Waals surface area contributed by atoms with Crippen LogP contribution in [0.3, 0.4) is 0 Å². The summed E-state index contributed by atoms with van der Waals surface area (Å²) >= 11 is 5.86. The SMILES string of the molecule is COc1c(C)cc(S(=O)(=O)NC(C)c2ccc(Cl)cc2)cc1C. The van der Waals surface area contributed by atoms with E-state index < -0.39 is 10.0 Å². The van der Waals surface area contributed by atoms with Crippen molar-refractivity contribution in [1.29, 1.82) is 0 Å². The third kappa shape index (κ3) is 4.05. The number of methoxy groups -OCH3 is 1. The van der Waals surface area contributed by atoms with Crippen LogP contribution in [0.4, 0.5) is 0 Å². The lowest BCUT2D eigenvalue weighted by atomic mass is 10.1. The van der Waals surface area contributed by atoms with Crippen LogP contribution in [-0.2, 0) is 10.0 Å². The summed E-state index contributed by atoms with van der Waals surface area (Å²) in [6.07, 6.45) is 0. The van der Waals surface area contributed by atoms with Gasteiger partial charge in [-0.2, -0.15) is 0 Å².